The number of hydrogen-bond acceptors (Lipinski definition) is 4. The van der Waals surface area contributed by atoms with Crippen LogP contribution in [0.25, 0.3) is 16.7 Å². The maximum absolute atomic E-state index is 13.3. The first-order chi connectivity index (χ1) is 15.6. The Hall–Kier alpha value is -2.63. The van der Waals surface area contributed by atoms with E-state index in [0.29, 0.717) is 29.2 Å². The Bertz CT molecular complexity index is 1060. The Morgan fingerprint density at radius 1 is 1.06 bits per heavy atom. The monoisotopic (exact) mass is 469 g/mol. The summed E-state index contributed by atoms with van der Waals surface area (Å²) in [6, 6.07) is 11.9. The van der Waals surface area contributed by atoms with Crippen LogP contribution in [0.1, 0.15) is 51.3 Å². The molecule has 3 rings (SSSR count). The Morgan fingerprint density at radius 2 is 1.64 bits per heavy atom. The minimum absolute atomic E-state index is 0.189. The molecule has 1 heterocycles. The van der Waals surface area contributed by atoms with Gasteiger partial charge in [-0.25, -0.2) is 0 Å². The van der Waals surface area contributed by atoms with Crippen molar-refractivity contribution in [1.82, 2.24) is 5.32 Å². The molecule has 1 aliphatic rings. The summed E-state index contributed by atoms with van der Waals surface area (Å²) in [4.78, 5) is 25.9. The third kappa shape index (κ3) is 4.99. The number of carbonyl (C=O) groups excluding carboxylic acids is 2. The Kier molecular flexibility index (Phi) is 7.65. The van der Waals surface area contributed by atoms with Crippen molar-refractivity contribution >= 4 is 29.1 Å². The van der Waals surface area contributed by atoms with Crippen LogP contribution in [-0.2, 0) is 31.9 Å². The highest BCUT2D eigenvalue weighted by atomic mass is 35.5. The number of ether oxygens (including phenoxy) is 2. The van der Waals surface area contributed by atoms with E-state index in [1.165, 1.54) is 0 Å². The first-order valence-corrected chi connectivity index (χ1v) is 11.7. The molecule has 5 nitrogen and oxygen atoms in total. The summed E-state index contributed by atoms with van der Waals surface area (Å²) in [6.07, 6.45) is 1.43. The van der Waals surface area contributed by atoms with Gasteiger partial charge in [0.1, 0.15) is 11.3 Å². The van der Waals surface area contributed by atoms with Crippen LogP contribution in [0.15, 0.2) is 42.2 Å². The Balaban J connectivity index is 2.27. The zero-order chi connectivity index (χ0) is 24.3. The standard InChI is InChI=1S/C27H32ClNO4/c1-7-17-13-20(19-9-11-21(28)12-10-19)14-18(8-2)22(17)23-24(33-26(31)16(3)4)27(5,15-32-6)29-25(23)30/h9-14,16H,7-8,15H2,1-6H3,(H,29,30). The van der Waals surface area contributed by atoms with Crippen LogP contribution in [0.4, 0.5) is 0 Å². The van der Waals surface area contributed by atoms with E-state index in [9.17, 15) is 9.59 Å². The maximum atomic E-state index is 13.3. The van der Waals surface area contributed by atoms with Gasteiger partial charge in [-0.15, -0.1) is 0 Å². The highest BCUT2D eigenvalue weighted by molar-refractivity contribution is 6.30. The molecule has 0 bridgehead atoms. The molecular weight excluding hydrogens is 438 g/mol. The zero-order valence-electron chi connectivity index (χ0n) is 20.2. The summed E-state index contributed by atoms with van der Waals surface area (Å²) in [6.45, 7) is 9.68. The molecule has 1 unspecified atom stereocenters. The smallest absolute Gasteiger partial charge is 0.313 e. The maximum Gasteiger partial charge on any atom is 0.313 e. The minimum atomic E-state index is -0.934. The van der Waals surface area contributed by atoms with Crippen LogP contribution in [0, 0.1) is 5.92 Å². The topological polar surface area (TPSA) is 64.6 Å². The number of aryl methyl sites for hydroxylation is 2. The normalized spacial score (nSPS) is 18.1. The second-order valence-electron chi connectivity index (χ2n) is 8.88. The molecule has 1 N–H and O–H groups in total. The number of halogens is 1. The van der Waals surface area contributed by atoms with Gasteiger partial charge in [-0.2, -0.15) is 0 Å². The first kappa shape index (κ1) is 25.0. The van der Waals surface area contributed by atoms with Crippen molar-refractivity contribution in [3.8, 4) is 11.1 Å². The molecule has 0 fully saturated rings. The van der Waals surface area contributed by atoms with Crippen LogP contribution in [0.3, 0.4) is 0 Å². The lowest BCUT2D eigenvalue weighted by molar-refractivity contribution is -0.144. The van der Waals surface area contributed by atoms with Crippen molar-refractivity contribution in [2.75, 3.05) is 13.7 Å². The molecule has 0 aliphatic carbocycles. The van der Waals surface area contributed by atoms with E-state index >= 15 is 0 Å². The van der Waals surface area contributed by atoms with Crippen LogP contribution < -0.4 is 5.32 Å². The second kappa shape index (κ2) is 10.1. The van der Waals surface area contributed by atoms with Crippen LogP contribution in [0.2, 0.25) is 5.02 Å². The van der Waals surface area contributed by atoms with Crippen LogP contribution in [0.5, 0.6) is 0 Å². The Labute approximate surface area is 201 Å². The zero-order valence-corrected chi connectivity index (χ0v) is 20.9. The largest absolute Gasteiger partial charge is 0.427 e. The number of benzene rings is 2. The van der Waals surface area contributed by atoms with Crippen molar-refractivity contribution in [2.24, 2.45) is 5.92 Å². The number of carbonyl (C=O) groups is 2. The number of esters is 1. The summed E-state index contributed by atoms with van der Waals surface area (Å²) in [7, 11) is 1.56. The lowest BCUT2D eigenvalue weighted by Crippen LogP contribution is -2.46. The van der Waals surface area contributed by atoms with Crippen molar-refractivity contribution in [3.05, 3.63) is 63.9 Å². The molecule has 176 valence electrons. The third-order valence-corrected chi connectivity index (χ3v) is 6.19. The summed E-state index contributed by atoms with van der Waals surface area (Å²) in [5, 5.41) is 3.68. The fourth-order valence-electron chi connectivity index (χ4n) is 4.20. The summed E-state index contributed by atoms with van der Waals surface area (Å²) in [5.74, 6) is -0.638. The van der Waals surface area contributed by atoms with E-state index in [2.05, 4.69) is 31.3 Å². The molecule has 0 spiro atoms. The van der Waals surface area contributed by atoms with E-state index in [0.717, 1.165) is 27.8 Å². The molecule has 33 heavy (non-hydrogen) atoms. The lowest BCUT2D eigenvalue weighted by atomic mass is 9.86. The quantitative estimate of drug-likeness (QED) is 0.513. The van der Waals surface area contributed by atoms with Crippen LogP contribution in [-0.4, -0.2) is 31.1 Å². The lowest BCUT2D eigenvalue weighted by Gasteiger charge is -2.27. The van der Waals surface area contributed by atoms with E-state index in [1.54, 1.807) is 21.0 Å². The highest BCUT2D eigenvalue weighted by Crippen LogP contribution is 2.40. The average Bonchev–Trinajstić information content (AvgIpc) is 3.02. The second-order valence-corrected chi connectivity index (χ2v) is 9.32. The predicted octanol–water partition coefficient (Wildman–Crippen LogP) is 5.58. The molecule has 0 radical (unpaired) electrons. The minimum Gasteiger partial charge on any atom is -0.427 e. The fourth-order valence-corrected chi connectivity index (χ4v) is 4.33. The fraction of sp³-hybridized carbons (Fsp3) is 0.407. The third-order valence-electron chi connectivity index (χ3n) is 5.94. The van der Waals surface area contributed by atoms with Gasteiger partial charge in [0.2, 0.25) is 0 Å². The number of hydrogen-bond donors (Lipinski definition) is 1. The van der Waals surface area contributed by atoms with Gasteiger partial charge in [0, 0.05) is 12.1 Å². The molecule has 1 atom stereocenters. The van der Waals surface area contributed by atoms with Crippen molar-refractivity contribution < 1.29 is 19.1 Å². The van der Waals surface area contributed by atoms with Gasteiger partial charge in [0.25, 0.3) is 5.91 Å². The van der Waals surface area contributed by atoms with Gasteiger partial charge in [0.05, 0.1) is 18.1 Å². The van der Waals surface area contributed by atoms with Gasteiger partial charge in [-0.05, 0) is 59.7 Å². The van der Waals surface area contributed by atoms with Crippen LogP contribution >= 0.6 is 11.6 Å². The van der Waals surface area contributed by atoms with Gasteiger partial charge in [-0.3, -0.25) is 9.59 Å². The van der Waals surface area contributed by atoms with Gasteiger partial charge in [0.15, 0.2) is 0 Å². The SMILES string of the molecule is CCc1cc(-c2ccc(Cl)cc2)cc(CC)c1C1=C(OC(=O)C(C)C)C(C)(COC)NC1=O. The first-order valence-electron chi connectivity index (χ1n) is 11.3. The molecule has 1 aliphatic heterocycles. The van der Waals surface area contributed by atoms with E-state index in [-0.39, 0.29) is 24.4 Å². The summed E-state index contributed by atoms with van der Waals surface area (Å²) < 4.78 is 11.3. The van der Waals surface area contributed by atoms with E-state index in [1.807, 2.05) is 31.2 Å². The van der Waals surface area contributed by atoms with Crippen molar-refractivity contribution in [3.63, 3.8) is 0 Å². The van der Waals surface area contributed by atoms with Gasteiger partial charge >= 0.3 is 5.97 Å². The summed E-state index contributed by atoms with van der Waals surface area (Å²) >= 11 is 6.07. The molecule has 0 saturated carbocycles. The predicted molar refractivity (Wildman–Crippen MR) is 132 cm³/mol. The molecule has 0 saturated heterocycles. The number of rotatable bonds is 8. The average molecular weight is 470 g/mol. The summed E-state index contributed by atoms with van der Waals surface area (Å²) in [5.41, 5.74) is 4.46. The van der Waals surface area contributed by atoms with Crippen molar-refractivity contribution in [2.45, 2.75) is 53.0 Å². The van der Waals surface area contributed by atoms with E-state index in [4.69, 9.17) is 21.1 Å². The molecule has 2 aromatic rings. The molecule has 0 aromatic heterocycles. The molecule has 1 amide bonds. The molecule has 6 heteroatoms. The molecule has 2 aromatic carbocycles. The van der Waals surface area contributed by atoms with Gasteiger partial charge in [-0.1, -0.05) is 63.6 Å². The number of methoxy groups -OCH3 is 1. The van der Waals surface area contributed by atoms with Gasteiger partial charge < -0.3 is 14.8 Å². The number of amides is 1. The Morgan fingerprint density at radius 3 is 2.12 bits per heavy atom. The van der Waals surface area contributed by atoms with E-state index < -0.39 is 5.54 Å². The molecular formula is C27H32ClNO4. The number of nitrogens with one attached hydrogen (secondary N) is 1. The highest BCUT2D eigenvalue weighted by Gasteiger charge is 2.46. The van der Waals surface area contributed by atoms with Crippen molar-refractivity contribution in [1.29, 1.82) is 0 Å².